The van der Waals surface area contributed by atoms with Crippen molar-refractivity contribution < 1.29 is 13.2 Å². The second kappa shape index (κ2) is 5.72. The molecule has 2 rings (SSSR count). The molecule has 0 aliphatic rings. The van der Waals surface area contributed by atoms with Gasteiger partial charge in [0.25, 0.3) is 5.91 Å². The molecule has 8 heteroatoms. The lowest BCUT2D eigenvalue weighted by Crippen LogP contribution is -2.15. The number of anilines is 2. The predicted molar refractivity (Wildman–Crippen MR) is 81.6 cm³/mol. The molecule has 0 spiro atoms. The summed E-state index contributed by atoms with van der Waals surface area (Å²) in [5.74, 6) is -0.462. The van der Waals surface area contributed by atoms with Crippen molar-refractivity contribution in [3.05, 3.63) is 53.1 Å². The maximum atomic E-state index is 12.1. The summed E-state index contributed by atoms with van der Waals surface area (Å²) in [5.41, 5.74) is 6.51. The number of rotatable bonds is 3. The Kier molecular flexibility index (Phi) is 4.17. The molecule has 0 radical (unpaired) electrons. The first-order valence-corrected chi connectivity index (χ1v) is 7.69. The van der Waals surface area contributed by atoms with Crippen LogP contribution in [0.2, 0.25) is 5.02 Å². The van der Waals surface area contributed by atoms with Gasteiger partial charge in [-0.3, -0.25) is 4.79 Å². The molecule has 0 fully saturated rings. The zero-order valence-corrected chi connectivity index (χ0v) is 12.3. The fraction of sp³-hybridized carbons (Fsp3) is 0. The number of nitrogens with one attached hydrogen (secondary N) is 1. The average Bonchev–Trinajstić information content (AvgIpc) is 2.40. The molecule has 0 heterocycles. The maximum Gasteiger partial charge on any atom is 0.255 e. The number of halogens is 1. The molecular weight excluding hydrogens is 314 g/mol. The predicted octanol–water partition coefficient (Wildman–Crippen LogP) is 1.82. The van der Waals surface area contributed by atoms with Gasteiger partial charge in [0.1, 0.15) is 0 Å². The molecule has 0 saturated carbocycles. The van der Waals surface area contributed by atoms with Gasteiger partial charge in [0, 0.05) is 11.3 Å². The van der Waals surface area contributed by atoms with E-state index in [2.05, 4.69) is 5.32 Å². The Morgan fingerprint density at radius 2 is 1.86 bits per heavy atom. The summed E-state index contributed by atoms with van der Waals surface area (Å²) < 4.78 is 22.6. The van der Waals surface area contributed by atoms with Crippen molar-refractivity contribution in [1.29, 1.82) is 0 Å². The quantitative estimate of drug-likeness (QED) is 0.746. The Hall–Kier alpha value is -2.09. The minimum Gasteiger partial charge on any atom is -0.399 e. The van der Waals surface area contributed by atoms with Crippen LogP contribution >= 0.6 is 11.6 Å². The first-order chi connectivity index (χ1) is 9.77. The van der Waals surface area contributed by atoms with Gasteiger partial charge in [0.2, 0.25) is 10.0 Å². The fourth-order valence-electron chi connectivity index (χ4n) is 1.65. The van der Waals surface area contributed by atoms with Crippen molar-refractivity contribution in [2.45, 2.75) is 4.90 Å². The molecule has 21 heavy (non-hydrogen) atoms. The molecule has 6 nitrogen and oxygen atoms in total. The van der Waals surface area contributed by atoms with Crippen LogP contribution in [-0.4, -0.2) is 14.3 Å². The Morgan fingerprint density at radius 1 is 1.14 bits per heavy atom. The Balaban J connectivity index is 2.33. The highest BCUT2D eigenvalue weighted by atomic mass is 35.5. The zero-order chi connectivity index (χ0) is 15.6. The van der Waals surface area contributed by atoms with E-state index in [1.165, 1.54) is 24.3 Å². The molecule has 2 aromatic rings. The fourth-order valence-corrected chi connectivity index (χ4v) is 2.36. The molecule has 0 aliphatic heterocycles. The third-order valence-corrected chi connectivity index (χ3v) is 3.90. The lowest BCUT2D eigenvalue weighted by atomic mass is 10.2. The number of carbonyl (C=O) groups is 1. The van der Waals surface area contributed by atoms with Gasteiger partial charge in [-0.1, -0.05) is 17.7 Å². The SMILES string of the molecule is Nc1cccc(C(=O)Nc2cc(S(N)(=O)=O)ccc2Cl)c1. The molecule has 0 aromatic heterocycles. The number of hydrogen-bond acceptors (Lipinski definition) is 4. The molecule has 1 amide bonds. The molecule has 0 aliphatic carbocycles. The number of amides is 1. The van der Waals surface area contributed by atoms with E-state index in [1.807, 2.05) is 0 Å². The number of primary sulfonamides is 1. The van der Waals surface area contributed by atoms with Crippen LogP contribution in [0.15, 0.2) is 47.4 Å². The molecule has 5 N–H and O–H groups in total. The van der Waals surface area contributed by atoms with E-state index in [9.17, 15) is 13.2 Å². The lowest BCUT2D eigenvalue weighted by Gasteiger charge is -2.09. The third kappa shape index (κ3) is 3.72. The van der Waals surface area contributed by atoms with E-state index in [0.717, 1.165) is 0 Å². The molecular formula is C13H12ClN3O3S. The summed E-state index contributed by atoms with van der Waals surface area (Å²) in [6, 6.07) is 10.1. The van der Waals surface area contributed by atoms with Crippen LogP contribution in [0, 0.1) is 0 Å². The summed E-state index contributed by atoms with van der Waals surface area (Å²) in [4.78, 5) is 11.9. The maximum absolute atomic E-state index is 12.1. The van der Waals surface area contributed by atoms with Gasteiger partial charge in [-0.05, 0) is 36.4 Å². The Morgan fingerprint density at radius 3 is 2.48 bits per heavy atom. The van der Waals surface area contributed by atoms with Crippen molar-refractivity contribution in [2.24, 2.45) is 5.14 Å². The summed E-state index contributed by atoms with van der Waals surface area (Å²) >= 11 is 5.93. The summed E-state index contributed by atoms with van der Waals surface area (Å²) in [7, 11) is -3.88. The van der Waals surface area contributed by atoms with Crippen LogP contribution in [0.4, 0.5) is 11.4 Å². The molecule has 0 saturated heterocycles. The smallest absolute Gasteiger partial charge is 0.255 e. The highest BCUT2D eigenvalue weighted by molar-refractivity contribution is 7.89. The number of sulfonamides is 1. The van der Waals surface area contributed by atoms with E-state index < -0.39 is 15.9 Å². The highest BCUT2D eigenvalue weighted by Crippen LogP contribution is 2.25. The van der Waals surface area contributed by atoms with Gasteiger partial charge in [0.05, 0.1) is 15.6 Å². The van der Waals surface area contributed by atoms with Crippen molar-refractivity contribution in [3.63, 3.8) is 0 Å². The van der Waals surface area contributed by atoms with Crippen LogP contribution in [0.5, 0.6) is 0 Å². The van der Waals surface area contributed by atoms with Crippen molar-refractivity contribution in [2.75, 3.05) is 11.1 Å². The van der Waals surface area contributed by atoms with Crippen molar-refractivity contribution in [1.82, 2.24) is 0 Å². The summed E-state index contributed by atoms with van der Waals surface area (Å²) in [6.07, 6.45) is 0. The van der Waals surface area contributed by atoms with Crippen molar-refractivity contribution in [3.8, 4) is 0 Å². The van der Waals surface area contributed by atoms with Crippen molar-refractivity contribution >= 4 is 38.9 Å². The zero-order valence-electron chi connectivity index (χ0n) is 10.7. The second-order valence-electron chi connectivity index (χ2n) is 4.27. The number of nitrogens with two attached hydrogens (primary N) is 2. The average molecular weight is 326 g/mol. The van der Waals surface area contributed by atoms with Crippen LogP contribution in [0.3, 0.4) is 0 Å². The van der Waals surface area contributed by atoms with Gasteiger partial charge in [-0.15, -0.1) is 0 Å². The largest absolute Gasteiger partial charge is 0.399 e. The molecule has 110 valence electrons. The summed E-state index contributed by atoms with van der Waals surface area (Å²) in [5, 5.41) is 7.75. The van der Waals surface area contributed by atoms with E-state index in [4.69, 9.17) is 22.5 Å². The number of nitrogen functional groups attached to an aromatic ring is 1. The standard InChI is InChI=1S/C13H12ClN3O3S/c14-11-5-4-10(21(16,19)20)7-12(11)17-13(18)8-2-1-3-9(15)6-8/h1-7H,15H2,(H,17,18)(H2,16,19,20). The van der Waals surface area contributed by atoms with Gasteiger partial charge >= 0.3 is 0 Å². The second-order valence-corrected chi connectivity index (χ2v) is 6.23. The van der Waals surface area contributed by atoms with E-state index in [-0.39, 0.29) is 15.6 Å². The number of benzene rings is 2. The van der Waals surface area contributed by atoms with Gasteiger partial charge < -0.3 is 11.1 Å². The first-order valence-electron chi connectivity index (χ1n) is 5.76. The lowest BCUT2D eigenvalue weighted by molar-refractivity contribution is 0.102. The summed E-state index contributed by atoms with van der Waals surface area (Å²) in [6.45, 7) is 0. The number of hydrogen-bond donors (Lipinski definition) is 3. The van der Waals surface area contributed by atoms with Gasteiger partial charge in [0.15, 0.2) is 0 Å². The van der Waals surface area contributed by atoms with E-state index in [1.54, 1.807) is 18.2 Å². The van der Waals surface area contributed by atoms with Crippen LogP contribution < -0.4 is 16.2 Å². The van der Waals surface area contributed by atoms with Crippen LogP contribution in [0.25, 0.3) is 0 Å². The topological polar surface area (TPSA) is 115 Å². The highest BCUT2D eigenvalue weighted by Gasteiger charge is 2.13. The monoisotopic (exact) mass is 325 g/mol. The third-order valence-electron chi connectivity index (χ3n) is 2.66. The molecule has 0 unspecified atom stereocenters. The first kappa shape index (κ1) is 15.3. The number of carbonyl (C=O) groups excluding carboxylic acids is 1. The van der Waals surface area contributed by atoms with Gasteiger partial charge in [-0.2, -0.15) is 0 Å². The minimum absolute atomic E-state index is 0.144. The van der Waals surface area contributed by atoms with Gasteiger partial charge in [-0.25, -0.2) is 13.6 Å². The van der Waals surface area contributed by atoms with E-state index in [0.29, 0.717) is 11.3 Å². The Bertz CT molecular complexity index is 806. The molecule has 0 bridgehead atoms. The van der Waals surface area contributed by atoms with Crippen LogP contribution in [-0.2, 0) is 10.0 Å². The van der Waals surface area contributed by atoms with Crippen LogP contribution in [0.1, 0.15) is 10.4 Å². The minimum atomic E-state index is -3.88. The van der Waals surface area contributed by atoms with E-state index >= 15 is 0 Å². The normalized spacial score (nSPS) is 11.1. The Labute approximate surface area is 126 Å². The molecule has 2 aromatic carbocycles. The molecule has 0 atom stereocenters.